The van der Waals surface area contributed by atoms with Crippen molar-refractivity contribution in [3.63, 3.8) is 0 Å². The van der Waals surface area contributed by atoms with Crippen LogP contribution >= 0.6 is 23.5 Å². The van der Waals surface area contributed by atoms with Gasteiger partial charge in [-0.1, -0.05) is 11.8 Å². The van der Waals surface area contributed by atoms with Crippen LogP contribution in [-0.4, -0.2) is 75.6 Å². The van der Waals surface area contributed by atoms with Crippen LogP contribution in [-0.2, 0) is 14.4 Å². The number of carboxylic acid groups (broad SMARTS) is 1. The number of amides is 3. The van der Waals surface area contributed by atoms with E-state index in [0.717, 1.165) is 11.8 Å². The number of hydrogen-bond acceptors (Lipinski definition) is 7. The molecule has 2 heterocycles. The van der Waals surface area contributed by atoms with Crippen molar-refractivity contribution >= 4 is 52.2 Å². The van der Waals surface area contributed by atoms with Crippen LogP contribution in [0, 0.1) is 0 Å². The molecule has 3 rings (SSSR count). The van der Waals surface area contributed by atoms with E-state index >= 15 is 0 Å². The molecule has 1 aromatic carbocycles. The van der Waals surface area contributed by atoms with E-state index < -0.39 is 22.8 Å². The van der Waals surface area contributed by atoms with Crippen LogP contribution in [0.2, 0.25) is 0 Å². The molecule has 2 fully saturated rings. The first-order valence-electron chi connectivity index (χ1n) is 8.69. The lowest BCUT2D eigenvalue weighted by atomic mass is 9.95. The Hall–Kier alpha value is -2.40. The minimum Gasteiger partial charge on any atom is -0.497 e. The Labute approximate surface area is 176 Å². The molecule has 0 aromatic heterocycles. The molecule has 0 radical (unpaired) electrons. The molecule has 9 nitrogen and oxygen atoms in total. The smallest absolute Gasteiger partial charge is 0.332 e. The number of thioether (sulfide) groups is 2. The van der Waals surface area contributed by atoms with E-state index in [1.54, 1.807) is 30.5 Å². The first-order chi connectivity index (χ1) is 13.7. The second-order valence-electron chi connectivity index (χ2n) is 6.70. The van der Waals surface area contributed by atoms with E-state index in [2.05, 4.69) is 5.32 Å². The number of rotatable bonds is 5. The first-order valence-corrected chi connectivity index (χ1v) is 11.0. The SMILES string of the molecule is COc1ccc(N(C(C)=O)C2C(=O)N3CC(NC(=O)SC)(C(=O)O)CS[C@H]23)cc1. The Morgan fingerprint density at radius 3 is 2.52 bits per heavy atom. The van der Waals surface area contributed by atoms with E-state index in [0.29, 0.717) is 11.4 Å². The maximum absolute atomic E-state index is 12.9. The summed E-state index contributed by atoms with van der Waals surface area (Å²) >= 11 is 2.12. The van der Waals surface area contributed by atoms with Crippen LogP contribution in [0.15, 0.2) is 24.3 Å². The van der Waals surface area contributed by atoms with Gasteiger partial charge in [0.2, 0.25) is 11.8 Å². The van der Waals surface area contributed by atoms with Gasteiger partial charge in [-0.2, -0.15) is 0 Å². The van der Waals surface area contributed by atoms with Crippen LogP contribution in [0.1, 0.15) is 6.92 Å². The van der Waals surface area contributed by atoms with Crippen LogP contribution in [0.3, 0.4) is 0 Å². The highest BCUT2D eigenvalue weighted by molar-refractivity contribution is 8.13. The molecule has 3 amide bonds. The van der Waals surface area contributed by atoms with Gasteiger partial charge >= 0.3 is 5.97 Å². The number of carbonyl (C=O) groups excluding carboxylic acids is 3. The number of fused-ring (bicyclic) bond motifs is 1. The van der Waals surface area contributed by atoms with Gasteiger partial charge in [0.25, 0.3) is 5.24 Å². The summed E-state index contributed by atoms with van der Waals surface area (Å²) in [5.41, 5.74) is -0.995. The summed E-state index contributed by atoms with van der Waals surface area (Å²) in [6.45, 7) is 1.24. The predicted octanol–water partition coefficient (Wildman–Crippen LogP) is 1.23. The number of benzene rings is 1. The third-order valence-electron chi connectivity index (χ3n) is 4.96. The highest BCUT2D eigenvalue weighted by Gasteiger charge is 2.60. The molecule has 3 atom stereocenters. The zero-order chi connectivity index (χ0) is 21.3. The van der Waals surface area contributed by atoms with Crippen molar-refractivity contribution in [2.75, 3.05) is 30.6 Å². The van der Waals surface area contributed by atoms with Crippen molar-refractivity contribution in [1.29, 1.82) is 0 Å². The number of hydrogen-bond donors (Lipinski definition) is 2. The number of carboxylic acids is 1. The van der Waals surface area contributed by atoms with Crippen molar-refractivity contribution in [3.8, 4) is 5.75 Å². The fourth-order valence-electron chi connectivity index (χ4n) is 3.44. The maximum Gasteiger partial charge on any atom is 0.332 e. The van der Waals surface area contributed by atoms with Gasteiger partial charge in [-0.15, -0.1) is 11.8 Å². The number of carbonyl (C=O) groups is 4. The molecule has 0 spiro atoms. The average molecular weight is 440 g/mol. The number of nitrogens with one attached hydrogen (secondary N) is 1. The summed E-state index contributed by atoms with van der Waals surface area (Å²) in [6.07, 6.45) is 1.55. The molecule has 29 heavy (non-hydrogen) atoms. The van der Waals surface area contributed by atoms with Crippen molar-refractivity contribution < 1.29 is 29.0 Å². The molecule has 2 saturated heterocycles. The number of aliphatic carboxylic acids is 1. The standard InChI is InChI=1S/C18H21N3O6S2/c1-10(22)21(11-4-6-12(27-2)7-5-11)13-14(23)20-8-18(16(24)25,9-29-15(13)20)19-17(26)28-3/h4-7,13,15H,8-9H2,1-3H3,(H,19,26)(H,24,25)/t13?,15-,18?/m1/s1. The number of methoxy groups -OCH3 is 1. The Morgan fingerprint density at radius 1 is 1.34 bits per heavy atom. The van der Waals surface area contributed by atoms with Gasteiger partial charge < -0.3 is 20.1 Å². The van der Waals surface area contributed by atoms with Gasteiger partial charge in [0.05, 0.1) is 13.7 Å². The van der Waals surface area contributed by atoms with E-state index in [4.69, 9.17) is 4.74 Å². The quantitative estimate of drug-likeness (QED) is 0.658. The van der Waals surface area contributed by atoms with Crippen molar-refractivity contribution in [2.24, 2.45) is 0 Å². The molecule has 2 unspecified atom stereocenters. The van der Waals surface area contributed by atoms with Gasteiger partial charge in [0, 0.05) is 18.4 Å². The van der Waals surface area contributed by atoms with Gasteiger partial charge in [0.1, 0.15) is 17.2 Å². The third kappa shape index (κ3) is 3.76. The second kappa shape index (κ2) is 8.15. The molecule has 156 valence electrons. The topological polar surface area (TPSA) is 116 Å². The van der Waals surface area contributed by atoms with Crippen molar-refractivity contribution in [2.45, 2.75) is 23.9 Å². The van der Waals surface area contributed by atoms with Gasteiger partial charge in [-0.05, 0) is 30.5 Å². The minimum absolute atomic E-state index is 0.0912. The zero-order valence-electron chi connectivity index (χ0n) is 16.1. The van der Waals surface area contributed by atoms with E-state index in [-0.39, 0.29) is 29.5 Å². The number of nitrogens with zero attached hydrogens (tertiary/aromatic N) is 2. The lowest BCUT2D eigenvalue weighted by molar-refractivity contribution is -0.153. The Balaban J connectivity index is 1.83. The van der Waals surface area contributed by atoms with Crippen LogP contribution in [0.4, 0.5) is 10.5 Å². The molecule has 0 aliphatic carbocycles. The zero-order valence-corrected chi connectivity index (χ0v) is 17.7. The number of ether oxygens (including phenoxy) is 1. The summed E-state index contributed by atoms with van der Waals surface area (Å²) in [7, 11) is 1.54. The normalized spacial score (nSPS) is 25.5. The summed E-state index contributed by atoms with van der Waals surface area (Å²) in [4.78, 5) is 51.7. The molecule has 1 aromatic rings. The lowest BCUT2D eigenvalue weighted by Crippen LogP contribution is -2.78. The van der Waals surface area contributed by atoms with Crippen molar-refractivity contribution in [1.82, 2.24) is 10.2 Å². The van der Waals surface area contributed by atoms with Crippen LogP contribution < -0.4 is 15.0 Å². The van der Waals surface area contributed by atoms with Gasteiger partial charge in [0.15, 0.2) is 5.54 Å². The maximum atomic E-state index is 12.9. The van der Waals surface area contributed by atoms with Crippen molar-refractivity contribution in [3.05, 3.63) is 24.3 Å². The van der Waals surface area contributed by atoms with E-state index in [1.165, 1.54) is 35.6 Å². The summed E-state index contributed by atoms with van der Waals surface area (Å²) in [6, 6.07) is 6.07. The second-order valence-corrected chi connectivity index (χ2v) is 8.59. The highest BCUT2D eigenvalue weighted by atomic mass is 32.2. The average Bonchev–Trinajstić information content (AvgIpc) is 2.71. The monoisotopic (exact) mass is 439 g/mol. The summed E-state index contributed by atoms with van der Waals surface area (Å²) < 4.78 is 5.13. The van der Waals surface area contributed by atoms with E-state index in [1.807, 2.05) is 0 Å². The fourth-order valence-corrected chi connectivity index (χ4v) is 5.26. The Bertz CT molecular complexity index is 849. The van der Waals surface area contributed by atoms with Crippen LogP contribution in [0.25, 0.3) is 0 Å². The Morgan fingerprint density at radius 2 is 2.00 bits per heavy atom. The minimum atomic E-state index is -1.55. The van der Waals surface area contributed by atoms with Gasteiger partial charge in [-0.3, -0.25) is 19.3 Å². The highest BCUT2D eigenvalue weighted by Crippen LogP contribution is 2.42. The van der Waals surface area contributed by atoms with Crippen LogP contribution in [0.5, 0.6) is 5.75 Å². The molecular weight excluding hydrogens is 418 g/mol. The fraction of sp³-hybridized carbons (Fsp3) is 0.444. The van der Waals surface area contributed by atoms with E-state index in [9.17, 15) is 24.3 Å². The summed E-state index contributed by atoms with van der Waals surface area (Å²) in [5.74, 6) is -1.12. The molecule has 0 saturated carbocycles. The molecular formula is C18H21N3O6S2. The van der Waals surface area contributed by atoms with Gasteiger partial charge in [-0.25, -0.2) is 4.79 Å². The molecule has 11 heteroatoms. The predicted molar refractivity (Wildman–Crippen MR) is 110 cm³/mol. The summed E-state index contributed by atoms with van der Waals surface area (Å²) in [5, 5.41) is 11.3. The largest absolute Gasteiger partial charge is 0.497 e. The number of β-lactam (4-membered cyclic amide) rings is 1. The molecule has 2 aliphatic heterocycles. The third-order valence-corrected chi connectivity index (χ3v) is 6.94. The first kappa shape index (κ1) is 21.3. The molecule has 0 bridgehead atoms. The molecule has 2 N–H and O–H groups in total. The Kier molecular flexibility index (Phi) is 5.99. The number of anilines is 1. The molecule has 2 aliphatic rings. The lowest BCUT2D eigenvalue weighted by Gasteiger charge is -2.56.